The average molecular weight is 423 g/mol. The van der Waals surface area contributed by atoms with Crippen LogP contribution in [0.15, 0.2) is 58.7 Å². The standard InChI is InChI=1S/C23H30N6O2/c1-16(18-8-12-20(24)13-9-18)26-28-22(30)6-4-3-5-7-23(31)29-27-17(2)19-10-14-21(25)15-11-19/h8-15H,3-7,24-25H2,1-2H3,(H,28,30)(H,29,31). The van der Waals surface area contributed by atoms with E-state index in [-0.39, 0.29) is 11.8 Å². The maximum atomic E-state index is 11.9. The number of hydrazone groups is 2. The number of nitrogens with one attached hydrogen (secondary N) is 2. The summed E-state index contributed by atoms with van der Waals surface area (Å²) in [6.07, 6.45) is 2.85. The number of nitrogens with zero attached hydrogens (tertiary/aromatic N) is 2. The minimum atomic E-state index is -0.150. The molecule has 0 aliphatic carbocycles. The maximum absolute atomic E-state index is 11.9. The van der Waals surface area contributed by atoms with Crippen LogP contribution in [-0.2, 0) is 9.59 Å². The SMILES string of the molecule is CC(=NNC(=O)CCCCCC(=O)NN=C(C)c1ccc(N)cc1)c1ccc(N)cc1. The highest BCUT2D eigenvalue weighted by Gasteiger charge is 2.04. The molecular formula is C23H30N6O2. The van der Waals surface area contributed by atoms with Gasteiger partial charge in [-0.3, -0.25) is 9.59 Å². The highest BCUT2D eigenvalue weighted by atomic mass is 16.2. The van der Waals surface area contributed by atoms with Crippen LogP contribution in [0.2, 0.25) is 0 Å². The Morgan fingerprint density at radius 1 is 0.677 bits per heavy atom. The van der Waals surface area contributed by atoms with Crippen molar-refractivity contribution in [2.45, 2.75) is 46.0 Å². The van der Waals surface area contributed by atoms with Gasteiger partial charge < -0.3 is 11.5 Å². The van der Waals surface area contributed by atoms with Crippen molar-refractivity contribution in [3.63, 3.8) is 0 Å². The number of benzene rings is 2. The zero-order valence-electron chi connectivity index (χ0n) is 18.0. The highest BCUT2D eigenvalue weighted by Crippen LogP contribution is 2.08. The number of amides is 2. The molecule has 0 aromatic heterocycles. The Bertz CT molecular complexity index is 856. The molecule has 0 fully saturated rings. The second kappa shape index (κ2) is 12.1. The number of carbonyl (C=O) groups is 2. The van der Waals surface area contributed by atoms with Crippen molar-refractivity contribution in [3.05, 3.63) is 59.7 Å². The van der Waals surface area contributed by atoms with Crippen LogP contribution in [-0.4, -0.2) is 23.2 Å². The van der Waals surface area contributed by atoms with Gasteiger partial charge in [-0.15, -0.1) is 0 Å². The second-order valence-electron chi connectivity index (χ2n) is 7.27. The molecule has 0 aliphatic rings. The molecule has 0 radical (unpaired) electrons. The largest absolute Gasteiger partial charge is 0.399 e. The van der Waals surface area contributed by atoms with Crippen molar-refractivity contribution in [2.75, 3.05) is 11.5 Å². The molecule has 2 rings (SSSR count). The lowest BCUT2D eigenvalue weighted by atomic mass is 10.1. The number of rotatable bonds is 10. The number of unbranched alkanes of at least 4 members (excludes halogenated alkanes) is 2. The second-order valence-corrected chi connectivity index (χ2v) is 7.27. The van der Waals surface area contributed by atoms with Gasteiger partial charge in [0.25, 0.3) is 0 Å². The van der Waals surface area contributed by atoms with Gasteiger partial charge in [-0.2, -0.15) is 10.2 Å². The minimum Gasteiger partial charge on any atom is -0.399 e. The molecule has 0 aliphatic heterocycles. The summed E-state index contributed by atoms with van der Waals surface area (Å²) in [4.78, 5) is 23.8. The molecule has 2 amide bonds. The van der Waals surface area contributed by atoms with Crippen LogP contribution in [0.1, 0.15) is 57.1 Å². The highest BCUT2D eigenvalue weighted by molar-refractivity contribution is 6.00. The summed E-state index contributed by atoms with van der Waals surface area (Å²) < 4.78 is 0. The molecule has 0 atom stereocenters. The van der Waals surface area contributed by atoms with Gasteiger partial charge in [0.15, 0.2) is 0 Å². The fourth-order valence-electron chi connectivity index (χ4n) is 2.73. The van der Waals surface area contributed by atoms with E-state index in [1.807, 2.05) is 38.1 Å². The first-order chi connectivity index (χ1) is 14.8. The number of nitrogen functional groups attached to an aromatic ring is 2. The lowest BCUT2D eigenvalue weighted by Crippen LogP contribution is -2.19. The van der Waals surface area contributed by atoms with Crippen LogP contribution in [0.5, 0.6) is 0 Å². The fraction of sp³-hybridized carbons (Fsp3) is 0.304. The zero-order valence-corrected chi connectivity index (χ0v) is 18.0. The molecular weight excluding hydrogens is 392 g/mol. The van der Waals surface area contributed by atoms with Gasteiger partial charge in [0.1, 0.15) is 0 Å². The van der Waals surface area contributed by atoms with Crippen molar-refractivity contribution in [3.8, 4) is 0 Å². The molecule has 2 aromatic rings. The number of hydrogen-bond acceptors (Lipinski definition) is 6. The normalized spacial score (nSPS) is 11.8. The van der Waals surface area contributed by atoms with E-state index in [9.17, 15) is 9.59 Å². The van der Waals surface area contributed by atoms with E-state index in [1.165, 1.54) is 0 Å². The van der Waals surface area contributed by atoms with Crippen molar-refractivity contribution >= 4 is 34.6 Å². The molecule has 6 N–H and O–H groups in total. The molecule has 2 aromatic carbocycles. The number of nitrogens with two attached hydrogens (primary N) is 2. The van der Waals surface area contributed by atoms with Gasteiger partial charge in [-0.1, -0.05) is 30.7 Å². The zero-order chi connectivity index (χ0) is 22.6. The number of anilines is 2. The summed E-state index contributed by atoms with van der Waals surface area (Å²) >= 11 is 0. The van der Waals surface area contributed by atoms with Crippen molar-refractivity contribution < 1.29 is 9.59 Å². The predicted molar refractivity (Wildman–Crippen MR) is 126 cm³/mol. The van der Waals surface area contributed by atoms with Crippen LogP contribution in [0.4, 0.5) is 11.4 Å². The Hall–Kier alpha value is -3.68. The molecule has 0 unspecified atom stereocenters. The van der Waals surface area contributed by atoms with Crippen LogP contribution >= 0.6 is 0 Å². The van der Waals surface area contributed by atoms with Gasteiger partial charge in [0, 0.05) is 24.2 Å². The lowest BCUT2D eigenvalue weighted by molar-refractivity contribution is -0.121. The van der Waals surface area contributed by atoms with E-state index in [0.29, 0.717) is 48.5 Å². The summed E-state index contributed by atoms with van der Waals surface area (Å²) in [6.45, 7) is 3.64. The molecule has 0 bridgehead atoms. The first kappa shape index (κ1) is 23.6. The Balaban J connectivity index is 1.61. The first-order valence-corrected chi connectivity index (χ1v) is 10.2. The topological polar surface area (TPSA) is 135 Å². The van der Waals surface area contributed by atoms with Crippen molar-refractivity contribution in [1.29, 1.82) is 0 Å². The van der Waals surface area contributed by atoms with Crippen LogP contribution < -0.4 is 22.3 Å². The van der Waals surface area contributed by atoms with E-state index in [4.69, 9.17) is 11.5 Å². The number of carbonyl (C=O) groups excluding carboxylic acids is 2. The summed E-state index contributed by atoms with van der Waals surface area (Å²) in [5, 5.41) is 8.22. The summed E-state index contributed by atoms with van der Waals surface area (Å²) in [6, 6.07) is 14.6. The van der Waals surface area contributed by atoms with E-state index < -0.39 is 0 Å². The van der Waals surface area contributed by atoms with Crippen molar-refractivity contribution in [1.82, 2.24) is 10.9 Å². The monoisotopic (exact) mass is 422 g/mol. The van der Waals surface area contributed by atoms with Gasteiger partial charge >= 0.3 is 0 Å². The van der Waals surface area contributed by atoms with Crippen LogP contribution in [0.3, 0.4) is 0 Å². The van der Waals surface area contributed by atoms with Gasteiger partial charge in [-0.25, -0.2) is 10.9 Å². The molecule has 8 nitrogen and oxygen atoms in total. The molecule has 31 heavy (non-hydrogen) atoms. The summed E-state index contributed by atoms with van der Waals surface area (Å²) in [5.41, 5.74) is 21.0. The van der Waals surface area contributed by atoms with Crippen LogP contribution in [0.25, 0.3) is 0 Å². The summed E-state index contributed by atoms with van der Waals surface area (Å²) in [7, 11) is 0. The Labute approximate surface area is 182 Å². The molecule has 0 saturated carbocycles. The number of hydrogen-bond donors (Lipinski definition) is 4. The molecule has 0 spiro atoms. The Morgan fingerprint density at radius 2 is 1.03 bits per heavy atom. The molecule has 8 heteroatoms. The fourth-order valence-corrected chi connectivity index (χ4v) is 2.73. The Kier molecular flexibility index (Phi) is 9.22. The third kappa shape index (κ3) is 8.69. The Morgan fingerprint density at radius 3 is 1.39 bits per heavy atom. The predicted octanol–water partition coefficient (Wildman–Crippen LogP) is 3.18. The third-order valence-corrected chi connectivity index (χ3v) is 4.66. The maximum Gasteiger partial charge on any atom is 0.240 e. The van der Waals surface area contributed by atoms with Gasteiger partial charge in [-0.05, 0) is 62.1 Å². The lowest BCUT2D eigenvalue weighted by Gasteiger charge is -2.05. The third-order valence-electron chi connectivity index (χ3n) is 4.66. The minimum absolute atomic E-state index is 0.150. The van der Waals surface area contributed by atoms with E-state index in [2.05, 4.69) is 21.1 Å². The quantitative estimate of drug-likeness (QED) is 0.202. The molecule has 0 saturated heterocycles. The van der Waals surface area contributed by atoms with Crippen LogP contribution in [0, 0.1) is 0 Å². The molecule has 0 heterocycles. The van der Waals surface area contributed by atoms with E-state index in [0.717, 1.165) is 17.5 Å². The van der Waals surface area contributed by atoms with Gasteiger partial charge in [0.2, 0.25) is 11.8 Å². The molecule has 164 valence electrons. The van der Waals surface area contributed by atoms with Gasteiger partial charge in [0.05, 0.1) is 11.4 Å². The summed E-state index contributed by atoms with van der Waals surface area (Å²) in [5.74, 6) is -0.300. The first-order valence-electron chi connectivity index (χ1n) is 10.2. The van der Waals surface area contributed by atoms with Crippen molar-refractivity contribution in [2.24, 2.45) is 10.2 Å². The average Bonchev–Trinajstić information content (AvgIpc) is 2.76. The van der Waals surface area contributed by atoms with E-state index in [1.54, 1.807) is 24.3 Å². The smallest absolute Gasteiger partial charge is 0.240 e. The van der Waals surface area contributed by atoms with E-state index >= 15 is 0 Å².